The number of carbonyl (C=O) groups excluding carboxylic acids is 1. The van der Waals surface area contributed by atoms with Crippen LogP contribution in [0.5, 0.6) is 0 Å². The molecule has 2 aromatic rings. The Kier molecular flexibility index (Phi) is 4.47. The minimum atomic E-state index is 0.150. The Morgan fingerprint density at radius 1 is 1.33 bits per heavy atom. The van der Waals surface area contributed by atoms with Gasteiger partial charge in [-0.25, -0.2) is 4.98 Å². The molecule has 0 aliphatic rings. The fraction of sp³-hybridized carbons (Fsp3) is 0.286. The van der Waals surface area contributed by atoms with Crippen LogP contribution in [0.3, 0.4) is 0 Å². The Hall–Kier alpha value is -1.68. The van der Waals surface area contributed by atoms with Crippen molar-refractivity contribution in [3.05, 3.63) is 46.9 Å². The third-order valence-corrected chi connectivity index (χ3v) is 3.40. The number of amides is 1. The molecule has 94 valence electrons. The predicted octanol–water partition coefficient (Wildman–Crippen LogP) is 3.13. The number of nitrogens with zero attached hydrogens (tertiary/aromatic N) is 2. The summed E-state index contributed by atoms with van der Waals surface area (Å²) in [5.41, 5.74) is 3.76. The summed E-state index contributed by atoms with van der Waals surface area (Å²) in [6, 6.07) is 9.78. The molecule has 0 saturated heterocycles. The van der Waals surface area contributed by atoms with E-state index in [1.54, 1.807) is 16.8 Å². The fourth-order valence-electron chi connectivity index (χ4n) is 1.84. The van der Waals surface area contributed by atoms with Crippen LogP contribution in [0.1, 0.15) is 19.0 Å². The molecule has 1 heterocycles. The topological polar surface area (TPSA) is 33.2 Å². The number of hydrogen-bond acceptors (Lipinski definition) is 3. The molecule has 0 unspecified atom stereocenters. The Labute approximate surface area is 111 Å². The van der Waals surface area contributed by atoms with Crippen molar-refractivity contribution in [2.24, 2.45) is 0 Å². The highest BCUT2D eigenvalue weighted by Gasteiger charge is 2.13. The van der Waals surface area contributed by atoms with Crippen molar-refractivity contribution in [3.63, 3.8) is 0 Å². The summed E-state index contributed by atoms with van der Waals surface area (Å²) < 4.78 is 0. The van der Waals surface area contributed by atoms with Gasteiger partial charge >= 0.3 is 0 Å². The zero-order chi connectivity index (χ0) is 12.8. The summed E-state index contributed by atoms with van der Waals surface area (Å²) in [5, 5.41) is 1.99. The van der Waals surface area contributed by atoms with Gasteiger partial charge in [0.25, 0.3) is 0 Å². The van der Waals surface area contributed by atoms with Crippen LogP contribution in [-0.4, -0.2) is 17.4 Å². The van der Waals surface area contributed by atoms with Crippen LogP contribution in [0.15, 0.2) is 41.2 Å². The quantitative estimate of drug-likeness (QED) is 0.827. The number of anilines is 1. The number of rotatable bonds is 5. The van der Waals surface area contributed by atoms with Gasteiger partial charge in [-0.3, -0.25) is 4.79 Å². The third kappa shape index (κ3) is 3.17. The molecular weight excluding hydrogens is 244 g/mol. The van der Waals surface area contributed by atoms with Gasteiger partial charge in [0.2, 0.25) is 5.91 Å². The second-order valence-corrected chi connectivity index (χ2v) is 4.67. The molecule has 0 bridgehead atoms. The van der Waals surface area contributed by atoms with E-state index in [2.05, 4.69) is 4.98 Å². The number of benzene rings is 1. The molecule has 1 aromatic heterocycles. The molecule has 0 atom stereocenters. The van der Waals surface area contributed by atoms with Gasteiger partial charge in [0.15, 0.2) is 0 Å². The van der Waals surface area contributed by atoms with E-state index in [0.717, 1.165) is 11.4 Å². The Morgan fingerprint density at radius 3 is 2.72 bits per heavy atom. The van der Waals surface area contributed by atoms with Crippen molar-refractivity contribution >= 4 is 22.9 Å². The predicted molar refractivity (Wildman–Crippen MR) is 74.9 cm³/mol. The highest BCUT2D eigenvalue weighted by atomic mass is 32.1. The standard InChI is InChI=1S/C14H16N2OS/c1-2-16(13-6-4-3-5-7-13)14(17)9-8-12-10-18-11-15-12/h3-7,10-11H,2,8-9H2,1H3. The van der Waals surface area contributed by atoms with E-state index < -0.39 is 0 Å². The number of carbonyl (C=O) groups is 1. The molecule has 1 aromatic carbocycles. The molecule has 0 aliphatic carbocycles. The summed E-state index contributed by atoms with van der Waals surface area (Å²) >= 11 is 1.57. The van der Waals surface area contributed by atoms with Crippen molar-refractivity contribution in [3.8, 4) is 0 Å². The molecule has 3 nitrogen and oxygen atoms in total. The molecule has 0 aliphatic heterocycles. The summed E-state index contributed by atoms with van der Waals surface area (Å²) in [7, 11) is 0. The molecule has 0 fully saturated rings. The van der Waals surface area contributed by atoms with Crippen molar-refractivity contribution < 1.29 is 4.79 Å². The van der Waals surface area contributed by atoms with E-state index in [1.165, 1.54) is 0 Å². The van der Waals surface area contributed by atoms with Crippen LogP contribution in [0.2, 0.25) is 0 Å². The molecule has 0 spiro atoms. The summed E-state index contributed by atoms with van der Waals surface area (Å²) in [5.74, 6) is 0.150. The molecule has 1 amide bonds. The maximum absolute atomic E-state index is 12.2. The van der Waals surface area contributed by atoms with Crippen LogP contribution >= 0.6 is 11.3 Å². The van der Waals surface area contributed by atoms with Crippen LogP contribution in [0, 0.1) is 0 Å². The average Bonchev–Trinajstić information content (AvgIpc) is 2.92. The van der Waals surface area contributed by atoms with E-state index >= 15 is 0 Å². The molecule has 18 heavy (non-hydrogen) atoms. The Balaban J connectivity index is 1.98. The van der Waals surface area contributed by atoms with Gasteiger partial charge in [-0.2, -0.15) is 0 Å². The fourth-order valence-corrected chi connectivity index (χ4v) is 2.43. The van der Waals surface area contributed by atoms with Gasteiger partial charge in [-0.15, -0.1) is 11.3 Å². The third-order valence-electron chi connectivity index (χ3n) is 2.76. The number of aromatic nitrogens is 1. The molecule has 0 N–H and O–H groups in total. The first-order valence-corrected chi connectivity index (χ1v) is 6.98. The monoisotopic (exact) mass is 260 g/mol. The normalized spacial score (nSPS) is 10.3. The molecule has 0 saturated carbocycles. The summed E-state index contributed by atoms with van der Waals surface area (Å²) in [6.45, 7) is 2.69. The van der Waals surface area contributed by atoms with Crippen molar-refractivity contribution in [1.82, 2.24) is 4.98 Å². The van der Waals surface area contributed by atoms with Crippen molar-refractivity contribution in [2.75, 3.05) is 11.4 Å². The smallest absolute Gasteiger partial charge is 0.227 e. The number of thiazole rings is 1. The molecule has 0 radical (unpaired) electrons. The van der Waals surface area contributed by atoms with E-state index in [-0.39, 0.29) is 5.91 Å². The largest absolute Gasteiger partial charge is 0.313 e. The first-order valence-electron chi connectivity index (χ1n) is 6.03. The van der Waals surface area contributed by atoms with Gasteiger partial charge in [0, 0.05) is 24.0 Å². The number of hydrogen-bond donors (Lipinski definition) is 0. The first kappa shape index (κ1) is 12.8. The van der Waals surface area contributed by atoms with Crippen LogP contribution in [-0.2, 0) is 11.2 Å². The minimum absolute atomic E-state index is 0.150. The van der Waals surface area contributed by atoms with Gasteiger partial charge < -0.3 is 4.90 Å². The summed E-state index contributed by atoms with van der Waals surface area (Å²) in [4.78, 5) is 18.2. The number of para-hydroxylation sites is 1. The van der Waals surface area contributed by atoms with E-state index in [1.807, 2.05) is 47.5 Å². The average molecular weight is 260 g/mol. The zero-order valence-corrected chi connectivity index (χ0v) is 11.2. The minimum Gasteiger partial charge on any atom is -0.313 e. The molecule has 4 heteroatoms. The first-order chi connectivity index (χ1) is 8.81. The maximum Gasteiger partial charge on any atom is 0.227 e. The highest BCUT2D eigenvalue weighted by molar-refractivity contribution is 7.07. The van der Waals surface area contributed by atoms with E-state index in [9.17, 15) is 4.79 Å². The van der Waals surface area contributed by atoms with Crippen LogP contribution < -0.4 is 4.90 Å². The Morgan fingerprint density at radius 2 is 2.11 bits per heavy atom. The van der Waals surface area contributed by atoms with Crippen LogP contribution in [0.4, 0.5) is 5.69 Å². The van der Waals surface area contributed by atoms with Gasteiger partial charge in [-0.05, 0) is 25.5 Å². The lowest BCUT2D eigenvalue weighted by Crippen LogP contribution is -2.30. The second-order valence-electron chi connectivity index (χ2n) is 3.95. The zero-order valence-electron chi connectivity index (χ0n) is 10.4. The van der Waals surface area contributed by atoms with Gasteiger partial charge in [-0.1, -0.05) is 18.2 Å². The SMILES string of the molecule is CCN(C(=O)CCc1cscn1)c1ccccc1. The van der Waals surface area contributed by atoms with Crippen molar-refractivity contribution in [1.29, 1.82) is 0 Å². The number of aryl methyl sites for hydroxylation is 1. The lowest BCUT2D eigenvalue weighted by molar-refractivity contribution is -0.118. The maximum atomic E-state index is 12.2. The van der Waals surface area contributed by atoms with E-state index in [0.29, 0.717) is 19.4 Å². The lowest BCUT2D eigenvalue weighted by atomic mass is 10.2. The summed E-state index contributed by atoms with van der Waals surface area (Å²) in [6.07, 6.45) is 1.22. The Bertz CT molecular complexity index is 482. The van der Waals surface area contributed by atoms with Gasteiger partial charge in [0.1, 0.15) is 0 Å². The van der Waals surface area contributed by atoms with Crippen molar-refractivity contribution in [2.45, 2.75) is 19.8 Å². The van der Waals surface area contributed by atoms with Gasteiger partial charge in [0.05, 0.1) is 11.2 Å². The highest BCUT2D eigenvalue weighted by Crippen LogP contribution is 2.15. The molecule has 2 rings (SSSR count). The van der Waals surface area contributed by atoms with Crippen LogP contribution in [0.25, 0.3) is 0 Å². The molecular formula is C14H16N2OS. The van der Waals surface area contributed by atoms with E-state index in [4.69, 9.17) is 0 Å². The lowest BCUT2D eigenvalue weighted by Gasteiger charge is -2.20. The second kappa shape index (κ2) is 6.31.